The average molecular weight is 251 g/mol. The van der Waals surface area contributed by atoms with Gasteiger partial charge in [-0.3, -0.25) is 0 Å². The predicted molar refractivity (Wildman–Crippen MR) is 72.0 cm³/mol. The van der Waals surface area contributed by atoms with Gasteiger partial charge in [0.25, 0.3) is 0 Å². The Labute approximate surface area is 108 Å². The summed E-state index contributed by atoms with van der Waals surface area (Å²) >= 11 is 0. The largest absolute Gasteiger partial charge is 0.477 e. The highest BCUT2D eigenvalue weighted by Gasteiger charge is 2.10. The molecule has 0 aliphatic heterocycles. The van der Waals surface area contributed by atoms with Gasteiger partial charge in [-0.15, -0.1) is 0 Å². The molecular weight excluding hydrogens is 230 g/mol. The molecule has 1 rings (SSSR count). The first-order chi connectivity index (χ1) is 8.40. The number of nitrogens with zero attached hydrogens (tertiary/aromatic N) is 2. The maximum atomic E-state index is 10.8. The Morgan fingerprint density at radius 2 is 2.11 bits per heavy atom. The summed E-state index contributed by atoms with van der Waals surface area (Å²) in [6, 6.07) is 5.63. The van der Waals surface area contributed by atoms with Crippen molar-refractivity contribution in [1.29, 1.82) is 0 Å². The second-order valence-electron chi connectivity index (χ2n) is 4.79. The van der Waals surface area contributed by atoms with E-state index in [1.807, 2.05) is 6.92 Å². The lowest BCUT2D eigenvalue weighted by Gasteiger charge is -2.25. The van der Waals surface area contributed by atoms with Crippen LogP contribution in [0.5, 0.6) is 0 Å². The van der Waals surface area contributed by atoms with E-state index in [4.69, 9.17) is 5.11 Å². The van der Waals surface area contributed by atoms with E-state index in [1.54, 1.807) is 12.1 Å². The van der Waals surface area contributed by atoms with Gasteiger partial charge < -0.3 is 15.3 Å². The van der Waals surface area contributed by atoms with Gasteiger partial charge in [0.15, 0.2) is 5.69 Å². The molecule has 1 heterocycles. The quantitative estimate of drug-likeness (QED) is 0.808. The monoisotopic (exact) mass is 251 g/mol. The molecule has 0 radical (unpaired) electrons. The van der Waals surface area contributed by atoms with E-state index in [-0.39, 0.29) is 11.7 Å². The predicted octanol–water partition coefficient (Wildman–Crippen LogP) is 1.92. The van der Waals surface area contributed by atoms with Gasteiger partial charge >= 0.3 is 5.97 Å². The fourth-order valence-corrected chi connectivity index (χ4v) is 1.58. The number of aromatic nitrogens is 1. The molecule has 1 aromatic rings. The fraction of sp³-hybridized carbons (Fsp3) is 0.538. The van der Waals surface area contributed by atoms with Crippen LogP contribution in [0.3, 0.4) is 0 Å². The van der Waals surface area contributed by atoms with E-state index in [2.05, 4.69) is 36.1 Å². The number of rotatable bonds is 6. The van der Waals surface area contributed by atoms with Crippen LogP contribution in [0, 0.1) is 0 Å². The second-order valence-corrected chi connectivity index (χ2v) is 4.79. The summed E-state index contributed by atoms with van der Waals surface area (Å²) in [6.07, 6.45) is 0. The Bertz CT molecular complexity index is 407. The Hall–Kier alpha value is -1.62. The number of hydrogen-bond acceptors (Lipinski definition) is 4. The number of likely N-dealkylation sites (N-methyl/N-ethyl adjacent to an activating group) is 1. The molecule has 0 fully saturated rings. The lowest BCUT2D eigenvalue weighted by atomic mass is 10.2. The molecular formula is C13H21N3O2. The van der Waals surface area contributed by atoms with Crippen molar-refractivity contribution in [3.8, 4) is 0 Å². The molecule has 18 heavy (non-hydrogen) atoms. The molecule has 0 saturated heterocycles. The van der Waals surface area contributed by atoms with Crippen LogP contribution in [-0.2, 0) is 0 Å². The summed E-state index contributed by atoms with van der Waals surface area (Å²) < 4.78 is 0. The average Bonchev–Trinajstić information content (AvgIpc) is 2.28. The molecule has 0 spiro atoms. The summed E-state index contributed by atoms with van der Waals surface area (Å²) in [5.41, 5.74) is 0.0596. The molecule has 5 nitrogen and oxygen atoms in total. The van der Waals surface area contributed by atoms with E-state index in [0.717, 1.165) is 6.54 Å². The van der Waals surface area contributed by atoms with Crippen molar-refractivity contribution in [3.05, 3.63) is 23.9 Å². The van der Waals surface area contributed by atoms with Crippen LogP contribution in [0.2, 0.25) is 0 Å². The van der Waals surface area contributed by atoms with E-state index < -0.39 is 5.97 Å². The lowest BCUT2D eigenvalue weighted by Crippen LogP contribution is -2.36. The molecule has 100 valence electrons. The van der Waals surface area contributed by atoms with E-state index in [0.29, 0.717) is 11.9 Å². The minimum Gasteiger partial charge on any atom is -0.477 e. The molecule has 1 atom stereocenters. The summed E-state index contributed by atoms with van der Waals surface area (Å²) in [5.74, 6) is -0.412. The molecule has 0 aromatic carbocycles. The normalized spacial score (nSPS) is 12.8. The number of aromatic carboxylic acids is 1. The van der Waals surface area contributed by atoms with Crippen LogP contribution in [0.1, 0.15) is 31.3 Å². The summed E-state index contributed by atoms with van der Waals surface area (Å²) in [4.78, 5) is 17.1. The van der Waals surface area contributed by atoms with Gasteiger partial charge in [0.2, 0.25) is 0 Å². The molecule has 0 amide bonds. The first-order valence-electron chi connectivity index (χ1n) is 6.07. The van der Waals surface area contributed by atoms with Crippen molar-refractivity contribution in [2.24, 2.45) is 0 Å². The van der Waals surface area contributed by atoms with Crippen LogP contribution in [0.25, 0.3) is 0 Å². The van der Waals surface area contributed by atoms with Gasteiger partial charge in [0.05, 0.1) is 0 Å². The number of anilines is 1. The summed E-state index contributed by atoms with van der Waals surface area (Å²) in [7, 11) is 2.06. The molecule has 0 bridgehead atoms. The lowest BCUT2D eigenvalue weighted by molar-refractivity contribution is 0.0690. The maximum absolute atomic E-state index is 10.8. The fourth-order valence-electron chi connectivity index (χ4n) is 1.58. The van der Waals surface area contributed by atoms with Gasteiger partial charge in [0.1, 0.15) is 5.82 Å². The SMILES string of the molecule is CC(C)N(C)C[C@H](C)Nc1cccc(C(=O)O)n1. The highest BCUT2D eigenvalue weighted by Crippen LogP contribution is 2.07. The van der Waals surface area contributed by atoms with Gasteiger partial charge in [-0.2, -0.15) is 0 Å². The van der Waals surface area contributed by atoms with Gasteiger partial charge in [0, 0.05) is 18.6 Å². The topological polar surface area (TPSA) is 65.5 Å². The van der Waals surface area contributed by atoms with Crippen molar-refractivity contribution >= 4 is 11.8 Å². The van der Waals surface area contributed by atoms with Gasteiger partial charge in [-0.1, -0.05) is 6.07 Å². The number of carboxylic acids is 1. The van der Waals surface area contributed by atoms with Crippen LogP contribution >= 0.6 is 0 Å². The van der Waals surface area contributed by atoms with E-state index in [9.17, 15) is 4.79 Å². The van der Waals surface area contributed by atoms with Crippen LogP contribution in [0.4, 0.5) is 5.82 Å². The Morgan fingerprint density at radius 3 is 2.67 bits per heavy atom. The Morgan fingerprint density at radius 1 is 1.44 bits per heavy atom. The van der Waals surface area contributed by atoms with Crippen LogP contribution < -0.4 is 5.32 Å². The number of carbonyl (C=O) groups is 1. The smallest absolute Gasteiger partial charge is 0.354 e. The number of carboxylic acid groups (broad SMARTS) is 1. The standard InChI is InChI=1S/C13H21N3O2/c1-9(2)16(4)8-10(3)14-12-7-5-6-11(15-12)13(17)18/h5-7,9-10H,8H2,1-4H3,(H,14,15)(H,17,18)/t10-/m0/s1. The third-order valence-electron chi connectivity index (χ3n) is 2.81. The second kappa shape index (κ2) is 6.35. The Kier molecular flexibility index (Phi) is 5.09. The first kappa shape index (κ1) is 14.4. The van der Waals surface area contributed by atoms with E-state index >= 15 is 0 Å². The summed E-state index contributed by atoms with van der Waals surface area (Å²) in [6.45, 7) is 7.19. The van der Waals surface area contributed by atoms with Gasteiger partial charge in [-0.25, -0.2) is 9.78 Å². The minimum atomic E-state index is -1.01. The zero-order valence-electron chi connectivity index (χ0n) is 11.3. The number of hydrogen-bond donors (Lipinski definition) is 2. The van der Waals surface area contributed by atoms with Crippen LogP contribution in [0.15, 0.2) is 18.2 Å². The van der Waals surface area contributed by atoms with Crippen molar-refractivity contribution in [1.82, 2.24) is 9.88 Å². The maximum Gasteiger partial charge on any atom is 0.354 e. The Balaban J connectivity index is 2.61. The number of pyridine rings is 1. The molecule has 5 heteroatoms. The van der Waals surface area contributed by atoms with Crippen molar-refractivity contribution in [2.75, 3.05) is 18.9 Å². The van der Waals surface area contributed by atoms with Crippen molar-refractivity contribution in [3.63, 3.8) is 0 Å². The molecule has 2 N–H and O–H groups in total. The van der Waals surface area contributed by atoms with Crippen LogP contribution in [-0.4, -0.2) is 46.6 Å². The first-order valence-corrected chi connectivity index (χ1v) is 6.07. The highest BCUT2D eigenvalue weighted by molar-refractivity contribution is 5.85. The van der Waals surface area contributed by atoms with Crippen molar-refractivity contribution < 1.29 is 9.90 Å². The third-order valence-corrected chi connectivity index (χ3v) is 2.81. The zero-order valence-corrected chi connectivity index (χ0v) is 11.3. The molecule has 0 aliphatic rings. The van der Waals surface area contributed by atoms with Crippen molar-refractivity contribution in [2.45, 2.75) is 32.9 Å². The zero-order chi connectivity index (χ0) is 13.7. The van der Waals surface area contributed by atoms with Gasteiger partial charge in [-0.05, 0) is 40.0 Å². The molecule has 0 aliphatic carbocycles. The molecule has 1 aromatic heterocycles. The molecule has 0 saturated carbocycles. The molecule has 0 unspecified atom stereocenters. The van der Waals surface area contributed by atoms with E-state index in [1.165, 1.54) is 6.07 Å². The number of nitrogens with one attached hydrogen (secondary N) is 1. The highest BCUT2D eigenvalue weighted by atomic mass is 16.4. The third kappa shape index (κ3) is 4.33. The summed E-state index contributed by atoms with van der Waals surface area (Å²) in [5, 5.41) is 12.1. The minimum absolute atomic E-state index is 0.0596.